The first kappa shape index (κ1) is 16.1. The topological polar surface area (TPSA) is 32.3 Å². The lowest BCUT2D eigenvalue weighted by Crippen LogP contribution is -2.61. The number of para-hydroxylation sites is 1. The molecule has 5 rings (SSSR count). The molecule has 26 heavy (non-hydrogen) atoms. The number of piperidine rings is 1. The number of fused-ring (bicyclic) bond motifs is 4. The number of hydrogen-bond acceptors (Lipinski definition) is 3. The first-order valence-corrected chi connectivity index (χ1v) is 9.84. The van der Waals surface area contributed by atoms with Crippen molar-refractivity contribution in [2.75, 3.05) is 11.9 Å². The molecule has 2 aliphatic carbocycles. The highest BCUT2D eigenvalue weighted by molar-refractivity contribution is 6.04. The number of nitrogens with one attached hydrogen (secondary N) is 1. The maximum Gasteiger partial charge on any atom is 0.180 e. The maximum atomic E-state index is 13.3. The van der Waals surface area contributed by atoms with Crippen LogP contribution in [0.2, 0.25) is 0 Å². The first-order chi connectivity index (χ1) is 12.6. The highest BCUT2D eigenvalue weighted by Crippen LogP contribution is 2.51. The molecule has 0 radical (unpaired) electrons. The summed E-state index contributed by atoms with van der Waals surface area (Å²) in [5.41, 5.74) is 4.41. The van der Waals surface area contributed by atoms with Crippen LogP contribution in [-0.2, 0) is 5.41 Å². The van der Waals surface area contributed by atoms with Gasteiger partial charge in [0.15, 0.2) is 5.78 Å². The summed E-state index contributed by atoms with van der Waals surface area (Å²) in [7, 11) is 0. The molecule has 0 aromatic heterocycles. The maximum absolute atomic E-state index is 13.3. The van der Waals surface area contributed by atoms with E-state index in [4.69, 9.17) is 0 Å². The van der Waals surface area contributed by atoms with E-state index >= 15 is 0 Å². The summed E-state index contributed by atoms with van der Waals surface area (Å²) in [6.07, 6.45) is 3.66. The van der Waals surface area contributed by atoms with Gasteiger partial charge >= 0.3 is 0 Å². The van der Waals surface area contributed by atoms with Crippen molar-refractivity contribution in [2.45, 2.75) is 50.6 Å². The molecular formula is C23H26N2O. The summed E-state index contributed by atoms with van der Waals surface area (Å²) in [6, 6.07) is 17.3. The lowest BCUT2D eigenvalue weighted by Gasteiger charge is -2.53. The molecule has 2 aromatic carbocycles. The van der Waals surface area contributed by atoms with Gasteiger partial charge in [-0.1, -0.05) is 32.0 Å². The van der Waals surface area contributed by atoms with Crippen molar-refractivity contribution in [2.24, 2.45) is 5.92 Å². The number of anilines is 2. The van der Waals surface area contributed by atoms with Crippen LogP contribution in [-0.4, -0.2) is 29.3 Å². The summed E-state index contributed by atoms with van der Waals surface area (Å²) < 4.78 is 0. The fraction of sp³-hybridized carbons (Fsp3) is 0.435. The number of Topliss-reactive ketones (excluding diaryl/α,β-unsaturated/α-hetero) is 1. The smallest absolute Gasteiger partial charge is 0.180 e. The van der Waals surface area contributed by atoms with E-state index in [0.717, 1.165) is 29.9 Å². The Labute approximate surface area is 155 Å². The van der Waals surface area contributed by atoms with Gasteiger partial charge in [-0.2, -0.15) is 0 Å². The highest BCUT2D eigenvalue weighted by atomic mass is 16.1. The van der Waals surface area contributed by atoms with E-state index in [-0.39, 0.29) is 11.5 Å². The summed E-state index contributed by atoms with van der Waals surface area (Å²) >= 11 is 0. The minimum Gasteiger partial charge on any atom is -0.356 e. The number of ketones is 1. The first-order valence-electron chi connectivity index (χ1n) is 9.84. The van der Waals surface area contributed by atoms with Crippen molar-refractivity contribution in [1.29, 1.82) is 0 Å². The molecule has 2 fully saturated rings. The molecule has 1 N–H and O–H groups in total. The highest BCUT2D eigenvalue weighted by Gasteiger charge is 2.54. The fourth-order valence-corrected chi connectivity index (χ4v) is 5.09. The Morgan fingerprint density at radius 2 is 1.85 bits per heavy atom. The van der Waals surface area contributed by atoms with E-state index in [1.165, 1.54) is 18.4 Å². The van der Waals surface area contributed by atoms with Gasteiger partial charge in [0.05, 0.1) is 6.04 Å². The lowest BCUT2D eigenvalue weighted by molar-refractivity contribution is 0.0248. The average molecular weight is 346 g/mol. The van der Waals surface area contributed by atoms with E-state index in [0.29, 0.717) is 17.7 Å². The second kappa shape index (κ2) is 5.68. The van der Waals surface area contributed by atoms with E-state index in [2.05, 4.69) is 54.4 Å². The van der Waals surface area contributed by atoms with Gasteiger partial charge < -0.3 is 5.32 Å². The van der Waals surface area contributed by atoms with Crippen LogP contribution in [0.25, 0.3) is 0 Å². The lowest BCUT2D eigenvalue weighted by atomic mass is 9.58. The second-order valence-electron chi connectivity index (χ2n) is 8.49. The quantitative estimate of drug-likeness (QED) is 0.870. The minimum absolute atomic E-state index is 0.0710. The summed E-state index contributed by atoms with van der Waals surface area (Å²) in [4.78, 5) is 15.8. The van der Waals surface area contributed by atoms with Crippen LogP contribution < -0.4 is 5.32 Å². The van der Waals surface area contributed by atoms with Crippen LogP contribution in [0.1, 0.15) is 49.0 Å². The molecule has 1 aliphatic heterocycles. The zero-order valence-corrected chi connectivity index (χ0v) is 15.5. The van der Waals surface area contributed by atoms with Crippen molar-refractivity contribution in [3.8, 4) is 0 Å². The van der Waals surface area contributed by atoms with Crippen LogP contribution in [0.5, 0.6) is 0 Å². The van der Waals surface area contributed by atoms with Crippen LogP contribution in [0.4, 0.5) is 11.4 Å². The molecule has 0 unspecified atom stereocenters. The molecule has 0 spiro atoms. The van der Waals surface area contributed by atoms with Gasteiger partial charge in [-0.25, -0.2) is 0 Å². The number of rotatable bonds is 3. The largest absolute Gasteiger partial charge is 0.356 e. The monoisotopic (exact) mass is 346 g/mol. The van der Waals surface area contributed by atoms with Gasteiger partial charge in [-0.3, -0.25) is 9.69 Å². The predicted octanol–water partition coefficient (Wildman–Crippen LogP) is 4.76. The van der Waals surface area contributed by atoms with Crippen LogP contribution in [0.3, 0.4) is 0 Å². The van der Waals surface area contributed by atoms with E-state index in [9.17, 15) is 4.79 Å². The summed E-state index contributed by atoms with van der Waals surface area (Å²) in [5, 5.41) is 3.49. The fourth-order valence-electron chi connectivity index (χ4n) is 5.09. The number of likely N-dealkylation sites (tertiary alicyclic amines) is 1. The third kappa shape index (κ3) is 2.34. The standard InChI is InChI=1S/C23H26N2O/c1-15-21-22(26)19-11-8-17(24-16-6-4-3-5-7-16)14-20(19)23(15,2)12-13-25(21)18-9-10-18/h3-8,11,14-15,18,21,24H,9-10,12-13H2,1-2H3/t15-,21-,23+/m0/s1. The van der Waals surface area contributed by atoms with Gasteiger partial charge in [0.1, 0.15) is 0 Å². The van der Waals surface area contributed by atoms with Crippen molar-refractivity contribution >= 4 is 17.2 Å². The Kier molecular flexibility index (Phi) is 3.51. The molecule has 1 heterocycles. The SMILES string of the molecule is C[C@H]1[C@H]2C(=O)c3ccc(Nc4ccccc4)cc3[C@]1(C)CCN2C1CC1. The van der Waals surface area contributed by atoms with Crippen LogP contribution in [0.15, 0.2) is 48.5 Å². The van der Waals surface area contributed by atoms with E-state index in [1.54, 1.807) is 0 Å². The Hall–Kier alpha value is -2.13. The predicted molar refractivity (Wildman–Crippen MR) is 105 cm³/mol. The molecule has 0 amide bonds. The minimum atomic E-state index is 0.0710. The Morgan fingerprint density at radius 1 is 1.08 bits per heavy atom. The second-order valence-corrected chi connectivity index (χ2v) is 8.49. The van der Waals surface area contributed by atoms with Gasteiger partial charge in [-0.15, -0.1) is 0 Å². The third-order valence-corrected chi connectivity index (χ3v) is 6.97. The van der Waals surface area contributed by atoms with Crippen molar-refractivity contribution < 1.29 is 4.79 Å². The van der Waals surface area contributed by atoms with E-state index in [1.807, 2.05) is 18.2 Å². The van der Waals surface area contributed by atoms with Gasteiger partial charge in [-0.05, 0) is 66.5 Å². The molecule has 3 heteroatoms. The molecular weight excluding hydrogens is 320 g/mol. The van der Waals surface area contributed by atoms with Crippen LogP contribution in [0, 0.1) is 5.92 Å². The van der Waals surface area contributed by atoms with Crippen molar-refractivity contribution in [3.63, 3.8) is 0 Å². The number of nitrogens with zero attached hydrogens (tertiary/aromatic N) is 1. The van der Waals surface area contributed by atoms with Gasteiger partial charge in [0, 0.05) is 29.5 Å². The van der Waals surface area contributed by atoms with Gasteiger partial charge in [0.2, 0.25) is 0 Å². The molecule has 3 nitrogen and oxygen atoms in total. The van der Waals surface area contributed by atoms with Gasteiger partial charge in [0.25, 0.3) is 0 Å². The third-order valence-electron chi connectivity index (χ3n) is 6.97. The molecule has 1 saturated carbocycles. The number of carbonyl (C=O) groups is 1. The zero-order chi connectivity index (χ0) is 17.9. The van der Waals surface area contributed by atoms with Crippen molar-refractivity contribution in [1.82, 2.24) is 4.90 Å². The molecule has 134 valence electrons. The molecule has 3 atom stereocenters. The number of carbonyl (C=O) groups excluding carboxylic acids is 1. The Bertz CT molecular complexity index is 858. The molecule has 3 aliphatic rings. The Balaban J connectivity index is 1.55. The Morgan fingerprint density at radius 3 is 2.58 bits per heavy atom. The normalized spacial score (nSPS) is 30.8. The summed E-state index contributed by atoms with van der Waals surface area (Å²) in [6.45, 7) is 5.71. The molecule has 1 saturated heterocycles. The van der Waals surface area contributed by atoms with E-state index < -0.39 is 0 Å². The summed E-state index contributed by atoms with van der Waals surface area (Å²) in [5.74, 6) is 0.701. The number of hydrogen-bond donors (Lipinski definition) is 1. The molecule has 2 bridgehead atoms. The average Bonchev–Trinajstić information content (AvgIpc) is 3.48. The van der Waals surface area contributed by atoms with Crippen molar-refractivity contribution in [3.05, 3.63) is 59.7 Å². The zero-order valence-electron chi connectivity index (χ0n) is 15.5. The number of benzene rings is 2. The van der Waals surface area contributed by atoms with Crippen LogP contribution >= 0.6 is 0 Å². The molecule has 2 aromatic rings.